The maximum Gasteiger partial charge on any atom is 0.342 e. The minimum absolute atomic E-state index is 0. The lowest BCUT2D eigenvalue weighted by atomic mass is 10.1. The molecule has 11 heteroatoms. The number of halogens is 1. The number of rotatable bonds is 6. The zero-order chi connectivity index (χ0) is 16.7. The molecule has 2 atom stereocenters. The van der Waals surface area contributed by atoms with E-state index in [2.05, 4.69) is 0 Å². The lowest BCUT2D eigenvalue weighted by Crippen LogP contribution is -2.21. The number of nitrogens with two attached hydrogens (primary N) is 2. The van der Waals surface area contributed by atoms with Crippen molar-refractivity contribution in [1.29, 1.82) is 0 Å². The molecule has 8 N–H and O–H groups in total. The van der Waals surface area contributed by atoms with Gasteiger partial charge in [0.05, 0.1) is 0 Å². The Morgan fingerprint density at radius 1 is 0.762 bits per heavy atom. The van der Waals surface area contributed by atoms with Crippen LogP contribution in [0.15, 0.2) is 0 Å². The fraction of sp³-hybridized carbons (Fsp3) is 1.00. The zero-order valence-electron chi connectivity index (χ0n) is 12.8. The van der Waals surface area contributed by atoms with Gasteiger partial charge in [-0.2, -0.15) is 0 Å². The van der Waals surface area contributed by atoms with Crippen molar-refractivity contribution in [3.63, 3.8) is 0 Å². The normalized spacial score (nSPS) is 15.0. The van der Waals surface area contributed by atoms with E-state index in [-0.39, 0.29) is 24.2 Å². The Morgan fingerprint density at radius 3 is 1.00 bits per heavy atom. The SMILES string of the molecule is CC(C)C[C@H](N)P(=O)(O)O.CC(C)C[C@H](N)P(=O)(O)O.Cl. The molecule has 0 aromatic heterocycles. The first-order valence-electron chi connectivity index (χ1n) is 6.29. The van der Waals surface area contributed by atoms with Crippen LogP contribution in [0, 0.1) is 11.8 Å². The second-order valence-electron chi connectivity index (χ2n) is 5.57. The topological polar surface area (TPSA) is 167 Å². The van der Waals surface area contributed by atoms with Crippen molar-refractivity contribution < 1.29 is 28.7 Å². The molecule has 0 aliphatic heterocycles. The molecular weight excluding hydrogens is 342 g/mol. The molecule has 0 fully saturated rings. The quantitative estimate of drug-likeness (QED) is 0.381. The first-order chi connectivity index (χ1) is 8.67. The highest BCUT2D eigenvalue weighted by molar-refractivity contribution is 7.52. The van der Waals surface area contributed by atoms with Gasteiger partial charge in [0, 0.05) is 0 Å². The van der Waals surface area contributed by atoms with Crippen LogP contribution in [-0.4, -0.2) is 31.1 Å². The third-order valence-corrected chi connectivity index (χ3v) is 4.44. The van der Waals surface area contributed by atoms with Crippen LogP contribution in [-0.2, 0) is 9.13 Å². The van der Waals surface area contributed by atoms with E-state index in [1.807, 2.05) is 27.7 Å². The molecule has 0 spiro atoms. The Kier molecular flexibility index (Phi) is 14.0. The summed E-state index contributed by atoms with van der Waals surface area (Å²) in [6.45, 7) is 7.48. The predicted octanol–water partition coefficient (Wildman–Crippen LogP) is 1.41. The molecule has 0 bridgehead atoms. The van der Waals surface area contributed by atoms with Crippen LogP contribution < -0.4 is 11.5 Å². The number of hydrogen-bond acceptors (Lipinski definition) is 4. The highest BCUT2D eigenvalue weighted by Crippen LogP contribution is 2.41. The molecule has 0 aliphatic carbocycles. The van der Waals surface area contributed by atoms with Gasteiger partial charge >= 0.3 is 15.2 Å². The zero-order valence-corrected chi connectivity index (χ0v) is 15.4. The van der Waals surface area contributed by atoms with Gasteiger partial charge in [-0.15, -0.1) is 12.4 Å². The average molecular weight is 371 g/mol. The molecule has 0 amide bonds. The van der Waals surface area contributed by atoms with E-state index in [4.69, 9.17) is 31.0 Å². The van der Waals surface area contributed by atoms with Crippen LogP contribution in [0.4, 0.5) is 0 Å². The molecule has 0 saturated carbocycles. The van der Waals surface area contributed by atoms with Crippen molar-refractivity contribution in [3.05, 3.63) is 0 Å². The lowest BCUT2D eigenvalue weighted by molar-refractivity contribution is 0.346. The minimum atomic E-state index is -4.03. The third-order valence-electron chi connectivity index (χ3n) is 2.29. The molecule has 0 saturated heterocycles. The van der Waals surface area contributed by atoms with E-state index in [1.165, 1.54) is 0 Å². The maximum absolute atomic E-state index is 10.4. The first-order valence-corrected chi connectivity index (χ1v) is 9.65. The van der Waals surface area contributed by atoms with Crippen molar-refractivity contribution in [3.8, 4) is 0 Å². The predicted molar refractivity (Wildman–Crippen MR) is 86.2 cm³/mol. The Labute approximate surface area is 132 Å². The molecule has 0 rings (SSSR count). The summed E-state index contributed by atoms with van der Waals surface area (Å²) in [6, 6.07) is 0. The monoisotopic (exact) mass is 370 g/mol. The van der Waals surface area contributed by atoms with Crippen molar-refractivity contribution in [2.24, 2.45) is 23.3 Å². The molecule has 0 aromatic carbocycles. The van der Waals surface area contributed by atoms with Crippen LogP contribution in [0.2, 0.25) is 0 Å². The van der Waals surface area contributed by atoms with Crippen molar-refractivity contribution in [1.82, 2.24) is 0 Å². The fourth-order valence-electron chi connectivity index (χ4n) is 1.24. The largest absolute Gasteiger partial charge is 0.342 e. The van der Waals surface area contributed by atoms with Gasteiger partial charge in [0.15, 0.2) is 0 Å². The van der Waals surface area contributed by atoms with Gasteiger partial charge in [0.2, 0.25) is 0 Å². The van der Waals surface area contributed by atoms with Crippen molar-refractivity contribution >= 4 is 27.6 Å². The molecule has 0 heterocycles. The van der Waals surface area contributed by atoms with E-state index in [0.29, 0.717) is 12.8 Å². The van der Waals surface area contributed by atoms with Gasteiger partial charge in [-0.3, -0.25) is 9.13 Å². The molecule has 0 aromatic rings. The van der Waals surface area contributed by atoms with E-state index < -0.39 is 26.8 Å². The van der Waals surface area contributed by atoms with E-state index in [9.17, 15) is 9.13 Å². The molecule has 0 aliphatic rings. The lowest BCUT2D eigenvalue weighted by Gasteiger charge is -2.14. The summed E-state index contributed by atoms with van der Waals surface area (Å²) in [4.78, 5) is 34.1. The van der Waals surface area contributed by atoms with E-state index >= 15 is 0 Å². The van der Waals surface area contributed by atoms with Crippen molar-refractivity contribution in [2.45, 2.75) is 52.1 Å². The van der Waals surface area contributed by atoms with Gasteiger partial charge in [0.1, 0.15) is 11.6 Å². The van der Waals surface area contributed by atoms with Crippen LogP contribution in [0.25, 0.3) is 0 Å². The highest BCUT2D eigenvalue weighted by atomic mass is 35.5. The summed E-state index contributed by atoms with van der Waals surface area (Å²) < 4.78 is 20.9. The third kappa shape index (κ3) is 16.7. The fourth-order valence-corrected chi connectivity index (χ4v) is 2.63. The van der Waals surface area contributed by atoms with Crippen molar-refractivity contribution in [2.75, 3.05) is 0 Å². The van der Waals surface area contributed by atoms with Crippen LogP contribution >= 0.6 is 27.6 Å². The van der Waals surface area contributed by atoms with Gasteiger partial charge in [-0.25, -0.2) is 0 Å². The molecule has 132 valence electrons. The standard InChI is InChI=1S/2C5H14NO3P.ClH/c2*1-4(2)3-5(6)10(7,8)9;/h2*4-5H,3,6H2,1-2H3,(H2,7,8,9);1H/t2*5-;/m11./s1. The van der Waals surface area contributed by atoms with Gasteiger partial charge in [0.25, 0.3) is 0 Å². The molecule has 21 heavy (non-hydrogen) atoms. The van der Waals surface area contributed by atoms with Gasteiger partial charge in [-0.05, 0) is 24.7 Å². The second-order valence-corrected chi connectivity index (χ2v) is 9.25. The smallest absolute Gasteiger partial charge is 0.323 e. The Bertz CT molecular complexity index is 323. The molecule has 0 unspecified atom stereocenters. The van der Waals surface area contributed by atoms with Gasteiger partial charge in [-0.1, -0.05) is 27.7 Å². The summed E-state index contributed by atoms with van der Waals surface area (Å²) in [5, 5.41) is 0. The average Bonchev–Trinajstić information content (AvgIpc) is 2.13. The summed E-state index contributed by atoms with van der Waals surface area (Å²) in [6.07, 6.45) is 0.731. The van der Waals surface area contributed by atoms with E-state index in [1.54, 1.807) is 0 Å². The summed E-state index contributed by atoms with van der Waals surface area (Å²) in [5.41, 5.74) is 10.4. The van der Waals surface area contributed by atoms with Gasteiger partial charge < -0.3 is 31.0 Å². The number of hydrogen-bond donors (Lipinski definition) is 6. The van der Waals surface area contributed by atoms with Crippen LogP contribution in [0.5, 0.6) is 0 Å². The molecule has 8 nitrogen and oxygen atoms in total. The second kappa shape index (κ2) is 11.1. The Hall–Kier alpha value is 0.510. The van der Waals surface area contributed by atoms with Crippen LogP contribution in [0.1, 0.15) is 40.5 Å². The Balaban J connectivity index is -0.000000295. The van der Waals surface area contributed by atoms with Crippen LogP contribution in [0.3, 0.4) is 0 Å². The highest BCUT2D eigenvalue weighted by Gasteiger charge is 2.25. The first kappa shape index (κ1) is 26.4. The minimum Gasteiger partial charge on any atom is -0.323 e. The maximum atomic E-state index is 10.4. The molecule has 0 radical (unpaired) electrons. The summed E-state index contributed by atoms with van der Waals surface area (Å²) in [5.74, 6) is -1.54. The Morgan fingerprint density at radius 2 is 0.952 bits per heavy atom. The molecular formula is C10H29ClN2O6P2. The summed E-state index contributed by atoms with van der Waals surface area (Å²) in [7, 11) is -8.07. The summed E-state index contributed by atoms with van der Waals surface area (Å²) >= 11 is 0. The van der Waals surface area contributed by atoms with E-state index in [0.717, 1.165) is 0 Å².